The summed E-state index contributed by atoms with van der Waals surface area (Å²) in [5, 5.41) is 2.13. The molecule has 7 heteroatoms. The van der Waals surface area contributed by atoms with Gasteiger partial charge in [0.15, 0.2) is 0 Å². The van der Waals surface area contributed by atoms with Gasteiger partial charge in [0.25, 0.3) is 0 Å². The van der Waals surface area contributed by atoms with Crippen molar-refractivity contribution in [1.29, 1.82) is 0 Å². The van der Waals surface area contributed by atoms with Crippen molar-refractivity contribution in [3.8, 4) is 0 Å². The largest absolute Gasteiger partial charge is 0.471 e. The van der Waals surface area contributed by atoms with Crippen molar-refractivity contribution in [2.45, 2.75) is 119 Å². The van der Waals surface area contributed by atoms with E-state index in [2.05, 4.69) is 46.9 Å². The Hall–Kier alpha value is -0.490. The second-order valence-corrected chi connectivity index (χ2v) is 11.7. The van der Waals surface area contributed by atoms with Crippen LogP contribution in [-0.2, 0) is 4.79 Å². The number of alkyl halides is 3. The molecule has 6 aliphatic rings. The van der Waals surface area contributed by atoms with E-state index in [4.69, 9.17) is 7.10 Å². The molecule has 0 heterocycles. The molecule has 0 atom stereocenters. The molecule has 6 saturated carbocycles. The van der Waals surface area contributed by atoms with E-state index < -0.39 is 17.6 Å². The number of halogens is 4. The van der Waals surface area contributed by atoms with Crippen molar-refractivity contribution >= 4 is 18.3 Å². The first-order valence-corrected chi connectivity index (χ1v) is 10.3. The van der Waals surface area contributed by atoms with Crippen molar-refractivity contribution in [3.63, 3.8) is 0 Å². The molecule has 0 aliphatic heterocycles. The van der Waals surface area contributed by atoms with E-state index in [9.17, 15) is 18.0 Å². The molecule has 0 radical (unpaired) electrons. The molecule has 3 N–H and O–H groups in total. The van der Waals surface area contributed by atoms with E-state index in [-0.39, 0.29) is 36.2 Å². The molecule has 180 valence electrons. The van der Waals surface area contributed by atoms with Gasteiger partial charge in [0.05, 0.1) is 0 Å². The maximum absolute atomic E-state index is 12.1. The van der Waals surface area contributed by atoms with Crippen LogP contribution in [0, 0.1) is 21.7 Å². The predicted molar refractivity (Wildman–Crippen MR) is 121 cm³/mol. The topological polar surface area (TPSA) is 55.1 Å². The lowest BCUT2D eigenvalue weighted by Crippen LogP contribution is -2.78. The second-order valence-electron chi connectivity index (χ2n) is 11.7. The van der Waals surface area contributed by atoms with Crippen molar-refractivity contribution in [1.82, 2.24) is 5.32 Å². The van der Waals surface area contributed by atoms with E-state index in [0.717, 1.165) is 0 Å². The number of carbonyl (C=O) groups is 1. The van der Waals surface area contributed by atoms with Crippen LogP contribution < -0.4 is 11.1 Å². The summed E-state index contributed by atoms with van der Waals surface area (Å²) in [6.45, 7) is 15.6. The number of nitrogens with one attached hydrogen (secondary N) is 1. The number of hydrogen-bond acceptors (Lipinski definition) is 2. The van der Waals surface area contributed by atoms with Crippen LogP contribution in [0.5, 0.6) is 0 Å². The summed E-state index contributed by atoms with van der Waals surface area (Å²) >= 11 is 0. The molecule has 6 fully saturated rings. The van der Waals surface area contributed by atoms with Crippen LogP contribution in [0.15, 0.2) is 0 Å². The fourth-order valence-corrected chi connectivity index (χ4v) is 5.69. The van der Waals surface area contributed by atoms with Gasteiger partial charge >= 0.3 is 12.1 Å². The first-order valence-electron chi connectivity index (χ1n) is 11.0. The molecular weight excluding hydrogens is 413 g/mol. The van der Waals surface area contributed by atoms with Gasteiger partial charge < -0.3 is 11.1 Å². The smallest absolute Gasteiger partial charge is 0.343 e. The lowest BCUT2D eigenvalue weighted by molar-refractivity contribution is -0.227. The van der Waals surface area contributed by atoms with Gasteiger partial charge in [-0.2, -0.15) is 13.2 Å². The normalized spacial score (nSPS) is 37.8. The number of carbonyl (C=O) groups excluding carboxylic acids is 1. The van der Waals surface area contributed by atoms with Gasteiger partial charge in [-0.1, -0.05) is 62.8 Å². The van der Waals surface area contributed by atoms with Crippen LogP contribution in [0.25, 0.3) is 0 Å². The van der Waals surface area contributed by atoms with Crippen molar-refractivity contribution in [2.24, 2.45) is 27.4 Å². The Morgan fingerprint density at radius 1 is 0.900 bits per heavy atom. The highest BCUT2D eigenvalue weighted by atomic mass is 35.5. The Bertz CT molecular complexity index is 613. The Kier molecular flexibility index (Phi) is 7.47. The minimum atomic E-state index is -4.76. The van der Waals surface area contributed by atoms with E-state index >= 15 is 0 Å². The SMILES string of the molecule is C.CC(C)(C)C12CC(N)(C1)C2.CC(C)(C)C12CC(NC(=O)C(F)(F)F)(C1)C2.Cl.[2H]CC. The summed E-state index contributed by atoms with van der Waals surface area (Å²) in [7, 11) is 0. The zero-order chi connectivity index (χ0) is 22.7. The number of rotatable bonds is 1. The molecule has 0 saturated heterocycles. The predicted octanol–water partition coefficient (Wildman–Crippen LogP) is 6.63. The van der Waals surface area contributed by atoms with Gasteiger partial charge in [-0.15, -0.1) is 12.4 Å². The average molecular weight is 458 g/mol. The summed E-state index contributed by atoms with van der Waals surface area (Å²) in [6, 6.07) is 0. The average Bonchev–Trinajstić information content (AvgIpc) is 2.34. The summed E-state index contributed by atoms with van der Waals surface area (Å²) in [6.07, 6.45) is 1.14. The molecule has 0 aromatic heterocycles. The molecule has 30 heavy (non-hydrogen) atoms. The van der Waals surface area contributed by atoms with Gasteiger partial charge in [-0.05, 0) is 60.2 Å². The highest BCUT2D eigenvalue weighted by molar-refractivity contribution is 5.85. The Balaban J connectivity index is 0.000000519. The molecule has 0 aromatic rings. The first-order chi connectivity index (χ1) is 12.8. The minimum absolute atomic E-state index is 0. The third-order valence-corrected chi connectivity index (χ3v) is 7.92. The third kappa shape index (κ3) is 4.65. The molecule has 3 nitrogen and oxygen atoms in total. The summed E-state index contributed by atoms with van der Waals surface area (Å²) in [5.74, 6) is -1.80. The van der Waals surface area contributed by atoms with E-state index in [1.807, 2.05) is 0 Å². The van der Waals surface area contributed by atoms with Crippen LogP contribution in [0.4, 0.5) is 13.2 Å². The molecule has 6 rings (SSSR count). The van der Waals surface area contributed by atoms with E-state index in [0.29, 0.717) is 37.0 Å². The Morgan fingerprint density at radius 3 is 1.40 bits per heavy atom. The van der Waals surface area contributed by atoms with Crippen molar-refractivity contribution in [3.05, 3.63) is 0 Å². The lowest BCUT2D eigenvalue weighted by Gasteiger charge is -2.75. The first kappa shape index (κ1) is 27.5. The molecule has 0 aromatic carbocycles. The molecule has 0 unspecified atom stereocenters. The van der Waals surface area contributed by atoms with E-state index in [1.165, 1.54) is 19.3 Å². The number of nitrogens with two attached hydrogens (primary N) is 1. The Labute approximate surface area is 189 Å². The van der Waals surface area contributed by atoms with Crippen LogP contribution >= 0.6 is 12.4 Å². The van der Waals surface area contributed by atoms with Crippen LogP contribution in [0.1, 0.15) is 103 Å². The summed E-state index contributed by atoms with van der Waals surface area (Å²) in [4.78, 5) is 10.8. The van der Waals surface area contributed by atoms with Gasteiger partial charge in [0.2, 0.25) is 0 Å². The maximum Gasteiger partial charge on any atom is 0.471 e. The zero-order valence-electron chi connectivity index (χ0n) is 20.0. The molecular formula is C23H44ClF3N2O. The molecule has 6 aliphatic carbocycles. The third-order valence-electron chi connectivity index (χ3n) is 7.92. The zero-order valence-corrected chi connectivity index (χ0v) is 19.8. The second kappa shape index (κ2) is 8.13. The molecule has 1 amide bonds. The fraction of sp³-hybridized carbons (Fsp3) is 0.957. The van der Waals surface area contributed by atoms with Gasteiger partial charge in [-0.3, -0.25) is 4.79 Å². The quantitative estimate of drug-likeness (QED) is 0.464. The van der Waals surface area contributed by atoms with Crippen LogP contribution in [0.3, 0.4) is 0 Å². The monoisotopic (exact) mass is 457 g/mol. The summed E-state index contributed by atoms with van der Waals surface area (Å²) < 4.78 is 42.4. The molecule has 0 spiro atoms. The van der Waals surface area contributed by atoms with E-state index in [1.54, 1.807) is 6.92 Å². The van der Waals surface area contributed by atoms with Gasteiger partial charge in [0, 0.05) is 12.4 Å². The lowest BCUT2D eigenvalue weighted by atomic mass is 9.33. The van der Waals surface area contributed by atoms with Crippen LogP contribution in [-0.4, -0.2) is 23.2 Å². The minimum Gasteiger partial charge on any atom is -0.343 e. The highest BCUT2D eigenvalue weighted by Gasteiger charge is 2.73. The van der Waals surface area contributed by atoms with Gasteiger partial charge in [0.1, 0.15) is 0 Å². The van der Waals surface area contributed by atoms with Crippen molar-refractivity contribution in [2.75, 3.05) is 0 Å². The number of amides is 1. The van der Waals surface area contributed by atoms with Crippen LogP contribution in [0.2, 0.25) is 0 Å². The maximum atomic E-state index is 12.1. The van der Waals surface area contributed by atoms with Gasteiger partial charge in [-0.25, -0.2) is 0 Å². The van der Waals surface area contributed by atoms with Crippen molar-refractivity contribution < 1.29 is 19.3 Å². The fourth-order valence-electron chi connectivity index (χ4n) is 5.69. The number of hydrogen-bond donors (Lipinski definition) is 2. The highest BCUT2D eigenvalue weighted by Crippen LogP contribution is 2.74. The summed E-state index contributed by atoms with van der Waals surface area (Å²) in [5.41, 5.74) is 7.09. The Morgan fingerprint density at radius 2 is 1.20 bits per heavy atom. The molecule has 4 bridgehead atoms. The standard InChI is InChI=1S/C11H16F3NO.C9H17N.C2H6.CH4.ClH/c1-8(2,3)9-4-10(5-9,6-9)15-7(16)11(12,13)14;1-7(2,3)8-4-9(10,5-8)6-8;1-2;;/h4-6H2,1-3H3,(H,15,16);4-6,10H2,1-3H3;1-2H3;1H4;1H/i;;1D;;.